The first kappa shape index (κ1) is 12.5. The Bertz CT molecular complexity index is 381. The van der Waals surface area contributed by atoms with Crippen molar-refractivity contribution in [3.8, 4) is 0 Å². The highest BCUT2D eigenvalue weighted by Crippen LogP contribution is 2.29. The zero-order chi connectivity index (χ0) is 10.2. The number of ketones is 1. The van der Waals surface area contributed by atoms with E-state index in [0.717, 1.165) is 5.56 Å². The molecule has 1 fully saturated rings. The van der Waals surface area contributed by atoms with Gasteiger partial charge in [0.05, 0.1) is 6.54 Å². The highest BCUT2D eigenvalue weighted by Gasteiger charge is 2.34. The zero-order valence-corrected chi connectivity index (χ0v) is 9.99. The van der Waals surface area contributed by atoms with Crippen LogP contribution >= 0.6 is 24.0 Å². The molecule has 15 heavy (non-hydrogen) atoms. The van der Waals surface area contributed by atoms with Crippen LogP contribution in [0, 0.1) is 0 Å². The molecule has 0 radical (unpaired) electrons. The highest BCUT2D eigenvalue weighted by molar-refractivity contribution is 6.30. The summed E-state index contributed by atoms with van der Waals surface area (Å²) < 4.78 is 0. The highest BCUT2D eigenvalue weighted by atomic mass is 35.5. The van der Waals surface area contributed by atoms with Crippen LogP contribution < -0.4 is 5.32 Å². The summed E-state index contributed by atoms with van der Waals surface area (Å²) >= 11 is 5.91. The average molecular weight is 246 g/mol. The molecule has 0 bridgehead atoms. The van der Waals surface area contributed by atoms with Gasteiger partial charge in [-0.1, -0.05) is 23.7 Å². The molecule has 2 nitrogen and oxygen atoms in total. The lowest BCUT2D eigenvalue weighted by Crippen LogP contribution is -2.32. The van der Waals surface area contributed by atoms with Gasteiger partial charge >= 0.3 is 0 Å². The van der Waals surface area contributed by atoms with Crippen LogP contribution in [-0.2, 0) is 10.3 Å². The van der Waals surface area contributed by atoms with Crippen molar-refractivity contribution in [2.75, 3.05) is 6.54 Å². The Morgan fingerprint density at radius 1 is 1.47 bits per heavy atom. The van der Waals surface area contributed by atoms with E-state index < -0.39 is 0 Å². The quantitative estimate of drug-likeness (QED) is 0.825. The molecule has 1 N–H and O–H groups in total. The van der Waals surface area contributed by atoms with Crippen LogP contribution in [0.25, 0.3) is 0 Å². The maximum atomic E-state index is 11.2. The number of nitrogens with one attached hydrogen (secondary N) is 1. The largest absolute Gasteiger partial charge is 0.300 e. The minimum absolute atomic E-state index is 0. The lowest BCUT2D eigenvalue weighted by atomic mass is 9.90. The second-order valence-electron chi connectivity index (χ2n) is 3.91. The predicted octanol–water partition coefficient (Wildman–Crippen LogP) is 2.54. The lowest BCUT2D eigenvalue weighted by molar-refractivity contribution is -0.116. The van der Waals surface area contributed by atoms with Gasteiger partial charge in [0, 0.05) is 17.0 Å². The first-order chi connectivity index (χ1) is 6.60. The van der Waals surface area contributed by atoms with Gasteiger partial charge in [-0.15, -0.1) is 12.4 Å². The Hall–Kier alpha value is -0.570. The van der Waals surface area contributed by atoms with Crippen LogP contribution in [0.3, 0.4) is 0 Å². The molecule has 4 heteroatoms. The fourth-order valence-electron chi connectivity index (χ4n) is 1.85. The van der Waals surface area contributed by atoms with E-state index in [2.05, 4.69) is 5.32 Å². The summed E-state index contributed by atoms with van der Waals surface area (Å²) in [5.41, 5.74) is 0.845. The van der Waals surface area contributed by atoms with Gasteiger partial charge in [0.1, 0.15) is 5.78 Å². The molecule has 0 amide bonds. The summed E-state index contributed by atoms with van der Waals surface area (Å²) in [6.07, 6.45) is 0.549. The fraction of sp³-hybridized carbons (Fsp3) is 0.364. The summed E-state index contributed by atoms with van der Waals surface area (Å²) in [7, 11) is 0. The topological polar surface area (TPSA) is 29.1 Å². The van der Waals surface area contributed by atoms with Crippen molar-refractivity contribution in [3.05, 3.63) is 34.9 Å². The summed E-state index contributed by atoms with van der Waals surface area (Å²) in [5.74, 6) is 0.257. The summed E-state index contributed by atoms with van der Waals surface area (Å²) in [5, 5.41) is 3.93. The molecule has 1 heterocycles. The standard InChI is InChI=1S/C11H12ClNO.ClH/c1-11(6-10(14)7-13-11)8-3-2-4-9(12)5-8;/h2-5,13H,6-7H2,1H3;1H. The van der Waals surface area contributed by atoms with Gasteiger partial charge < -0.3 is 5.32 Å². The molecular formula is C11H13Cl2NO. The molecule has 2 rings (SSSR count). The van der Waals surface area contributed by atoms with Crippen LogP contribution in [0.15, 0.2) is 24.3 Å². The number of halogens is 2. The Balaban J connectivity index is 0.00000112. The first-order valence-corrected chi connectivity index (χ1v) is 5.01. The molecule has 1 aromatic rings. The third kappa shape index (κ3) is 2.51. The Morgan fingerprint density at radius 3 is 2.73 bits per heavy atom. The van der Waals surface area contributed by atoms with Crippen molar-refractivity contribution < 1.29 is 4.79 Å². The molecule has 1 aliphatic rings. The number of carbonyl (C=O) groups excluding carboxylic acids is 1. The van der Waals surface area contributed by atoms with Crippen LogP contribution in [-0.4, -0.2) is 12.3 Å². The smallest absolute Gasteiger partial charge is 0.148 e. The minimum atomic E-state index is -0.234. The summed E-state index contributed by atoms with van der Waals surface area (Å²) in [6, 6.07) is 7.66. The van der Waals surface area contributed by atoms with Crippen LogP contribution in [0.4, 0.5) is 0 Å². The number of hydrogen-bond acceptors (Lipinski definition) is 2. The van der Waals surface area contributed by atoms with E-state index in [9.17, 15) is 4.79 Å². The SMILES string of the molecule is CC1(c2cccc(Cl)c2)CC(=O)CN1.Cl. The Kier molecular flexibility index (Phi) is 3.77. The van der Waals surface area contributed by atoms with Gasteiger partial charge in [-0.3, -0.25) is 4.79 Å². The molecular weight excluding hydrogens is 233 g/mol. The van der Waals surface area contributed by atoms with E-state index in [0.29, 0.717) is 18.0 Å². The van der Waals surface area contributed by atoms with E-state index in [1.807, 2.05) is 31.2 Å². The molecule has 0 spiro atoms. The summed E-state index contributed by atoms with van der Waals surface area (Å²) in [6.45, 7) is 2.49. The third-order valence-corrected chi connectivity index (χ3v) is 2.92. The monoisotopic (exact) mass is 245 g/mol. The molecule has 1 saturated heterocycles. The Labute approximate surface area is 100 Å². The van der Waals surface area contributed by atoms with Crippen molar-refractivity contribution in [2.24, 2.45) is 0 Å². The van der Waals surface area contributed by atoms with E-state index in [4.69, 9.17) is 11.6 Å². The molecule has 0 aliphatic carbocycles. The number of carbonyl (C=O) groups is 1. The second kappa shape index (κ2) is 4.52. The number of hydrogen-bond donors (Lipinski definition) is 1. The van der Waals surface area contributed by atoms with Crippen molar-refractivity contribution in [2.45, 2.75) is 18.9 Å². The van der Waals surface area contributed by atoms with E-state index >= 15 is 0 Å². The van der Waals surface area contributed by atoms with Crippen molar-refractivity contribution in [1.82, 2.24) is 5.32 Å². The van der Waals surface area contributed by atoms with Crippen LogP contribution in [0.2, 0.25) is 5.02 Å². The molecule has 0 aromatic heterocycles. The van der Waals surface area contributed by atoms with Crippen LogP contribution in [0.1, 0.15) is 18.9 Å². The number of Topliss-reactive ketones (excluding diaryl/α,β-unsaturated/α-hetero) is 1. The Morgan fingerprint density at radius 2 is 2.20 bits per heavy atom. The summed E-state index contributed by atoms with van der Waals surface area (Å²) in [4.78, 5) is 11.2. The number of benzene rings is 1. The van der Waals surface area contributed by atoms with Crippen molar-refractivity contribution >= 4 is 29.8 Å². The second-order valence-corrected chi connectivity index (χ2v) is 4.35. The molecule has 1 aliphatic heterocycles. The molecule has 1 atom stereocenters. The average Bonchev–Trinajstić information content (AvgIpc) is 2.48. The fourth-order valence-corrected chi connectivity index (χ4v) is 2.04. The predicted molar refractivity (Wildman–Crippen MR) is 63.7 cm³/mol. The molecule has 0 saturated carbocycles. The van der Waals surface area contributed by atoms with Gasteiger partial charge in [0.15, 0.2) is 0 Å². The molecule has 1 aromatic carbocycles. The maximum Gasteiger partial charge on any atom is 0.148 e. The first-order valence-electron chi connectivity index (χ1n) is 4.63. The van der Waals surface area contributed by atoms with Gasteiger partial charge in [-0.2, -0.15) is 0 Å². The molecule has 1 unspecified atom stereocenters. The van der Waals surface area contributed by atoms with E-state index in [1.54, 1.807) is 0 Å². The van der Waals surface area contributed by atoms with Gasteiger partial charge in [-0.05, 0) is 24.6 Å². The number of rotatable bonds is 1. The zero-order valence-electron chi connectivity index (χ0n) is 8.42. The van der Waals surface area contributed by atoms with Gasteiger partial charge in [-0.25, -0.2) is 0 Å². The minimum Gasteiger partial charge on any atom is -0.300 e. The third-order valence-electron chi connectivity index (χ3n) is 2.69. The maximum absolute atomic E-state index is 11.2. The van der Waals surface area contributed by atoms with Gasteiger partial charge in [0.25, 0.3) is 0 Å². The van der Waals surface area contributed by atoms with E-state index in [-0.39, 0.29) is 23.7 Å². The van der Waals surface area contributed by atoms with Crippen molar-refractivity contribution in [1.29, 1.82) is 0 Å². The van der Waals surface area contributed by atoms with Crippen LogP contribution in [0.5, 0.6) is 0 Å². The molecule has 82 valence electrons. The van der Waals surface area contributed by atoms with E-state index in [1.165, 1.54) is 0 Å². The lowest BCUT2D eigenvalue weighted by Gasteiger charge is -2.24. The van der Waals surface area contributed by atoms with Gasteiger partial charge in [0.2, 0.25) is 0 Å². The van der Waals surface area contributed by atoms with Crippen molar-refractivity contribution in [3.63, 3.8) is 0 Å². The normalized spacial score (nSPS) is 25.1.